The first kappa shape index (κ1) is 15.2. The van der Waals surface area contributed by atoms with Crippen LogP contribution in [0.5, 0.6) is 0 Å². The van der Waals surface area contributed by atoms with E-state index < -0.39 is 6.10 Å². The van der Waals surface area contributed by atoms with Crippen LogP contribution >= 0.6 is 22.7 Å². The molecule has 0 aliphatic carbocycles. The third kappa shape index (κ3) is 4.40. The monoisotopic (exact) mass is 310 g/mol. The van der Waals surface area contributed by atoms with Crippen molar-refractivity contribution in [2.45, 2.75) is 38.8 Å². The Hall–Kier alpha value is -1.24. The van der Waals surface area contributed by atoms with Crippen LogP contribution < -0.4 is 5.32 Å². The molecule has 0 bridgehead atoms. The van der Waals surface area contributed by atoms with Gasteiger partial charge in [-0.2, -0.15) is 11.3 Å². The summed E-state index contributed by atoms with van der Waals surface area (Å²) in [6.07, 6.45) is 0.433. The maximum absolute atomic E-state index is 11.9. The molecule has 0 aliphatic rings. The molecule has 2 heterocycles. The predicted octanol–water partition coefficient (Wildman–Crippen LogP) is 2.69. The Balaban J connectivity index is 1.89. The fourth-order valence-electron chi connectivity index (χ4n) is 1.97. The molecule has 0 fully saturated rings. The average Bonchev–Trinajstić information content (AvgIpc) is 2.96. The molecule has 6 heteroatoms. The number of carbonyl (C=O) groups is 1. The molecule has 2 atom stereocenters. The van der Waals surface area contributed by atoms with Crippen LogP contribution in [-0.2, 0) is 11.2 Å². The molecule has 0 saturated heterocycles. The quantitative estimate of drug-likeness (QED) is 0.862. The predicted molar refractivity (Wildman–Crippen MR) is 83.0 cm³/mol. The van der Waals surface area contributed by atoms with Crippen molar-refractivity contribution >= 4 is 28.6 Å². The van der Waals surface area contributed by atoms with Crippen molar-refractivity contribution in [2.75, 3.05) is 0 Å². The largest absolute Gasteiger partial charge is 0.393 e. The number of hydrogen-bond donors (Lipinski definition) is 2. The van der Waals surface area contributed by atoms with E-state index in [0.717, 1.165) is 16.3 Å². The average molecular weight is 310 g/mol. The minimum absolute atomic E-state index is 0.0301. The van der Waals surface area contributed by atoms with E-state index in [-0.39, 0.29) is 18.4 Å². The maximum Gasteiger partial charge on any atom is 0.226 e. The van der Waals surface area contributed by atoms with Crippen LogP contribution in [0.15, 0.2) is 22.2 Å². The van der Waals surface area contributed by atoms with Crippen molar-refractivity contribution in [3.8, 4) is 10.6 Å². The van der Waals surface area contributed by atoms with Gasteiger partial charge in [-0.25, -0.2) is 4.98 Å². The lowest BCUT2D eigenvalue weighted by Crippen LogP contribution is -2.35. The maximum atomic E-state index is 11.9. The second-order valence-corrected chi connectivity index (χ2v) is 6.52. The lowest BCUT2D eigenvalue weighted by molar-refractivity contribution is -0.121. The molecule has 2 N–H and O–H groups in total. The van der Waals surface area contributed by atoms with Gasteiger partial charge in [0.05, 0.1) is 18.2 Å². The molecule has 2 aromatic heterocycles. The summed E-state index contributed by atoms with van der Waals surface area (Å²) in [5, 5.41) is 19.1. The third-order valence-corrected chi connectivity index (χ3v) is 4.39. The molecule has 20 heavy (non-hydrogen) atoms. The minimum Gasteiger partial charge on any atom is -0.393 e. The van der Waals surface area contributed by atoms with E-state index >= 15 is 0 Å². The van der Waals surface area contributed by atoms with E-state index in [1.807, 2.05) is 29.1 Å². The van der Waals surface area contributed by atoms with Gasteiger partial charge in [-0.05, 0) is 31.7 Å². The van der Waals surface area contributed by atoms with E-state index in [9.17, 15) is 9.90 Å². The Morgan fingerprint density at radius 1 is 1.45 bits per heavy atom. The smallest absolute Gasteiger partial charge is 0.226 e. The van der Waals surface area contributed by atoms with Crippen molar-refractivity contribution in [1.29, 1.82) is 0 Å². The van der Waals surface area contributed by atoms with Crippen LogP contribution in [0.1, 0.15) is 26.0 Å². The van der Waals surface area contributed by atoms with Gasteiger partial charge in [-0.15, -0.1) is 11.3 Å². The summed E-state index contributed by atoms with van der Waals surface area (Å²) >= 11 is 3.19. The van der Waals surface area contributed by atoms with Crippen LogP contribution in [0, 0.1) is 0 Å². The summed E-state index contributed by atoms with van der Waals surface area (Å²) in [4.78, 5) is 16.3. The number of rotatable bonds is 6. The van der Waals surface area contributed by atoms with Crippen molar-refractivity contribution < 1.29 is 9.90 Å². The van der Waals surface area contributed by atoms with Crippen LogP contribution in [0.25, 0.3) is 10.6 Å². The van der Waals surface area contributed by atoms with Gasteiger partial charge < -0.3 is 10.4 Å². The van der Waals surface area contributed by atoms with E-state index in [0.29, 0.717) is 6.42 Å². The number of thiazole rings is 1. The minimum atomic E-state index is -0.408. The van der Waals surface area contributed by atoms with Crippen LogP contribution in [-0.4, -0.2) is 28.1 Å². The fourth-order valence-corrected chi connectivity index (χ4v) is 3.50. The van der Waals surface area contributed by atoms with E-state index in [4.69, 9.17) is 0 Å². The highest BCUT2D eigenvalue weighted by Gasteiger charge is 2.12. The zero-order valence-corrected chi connectivity index (χ0v) is 13.1. The lowest BCUT2D eigenvalue weighted by Gasteiger charge is -2.14. The summed E-state index contributed by atoms with van der Waals surface area (Å²) < 4.78 is 0. The molecule has 0 saturated carbocycles. The first-order valence-electron chi connectivity index (χ1n) is 6.49. The van der Waals surface area contributed by atoms with Gasteiger partial charge in [0, 0.05) is 22.4 Å². The topological polar surface area (TPSA) is 62.2 Å². The molecule has 0 aliphatic heterocycles. The van der Waals surface area contributed by atoms with Gasteiger partial charge in [0.2, 0.25) is 5.91 Å². The van der Waals surface area contributed by atoms with Crippen molar-refractivity contribution in [2.24, 2.45) is 0 Å². The summed E-state index contributed by atoms with van der Waals surface area (Å²) in [7, 11) is 0. The number of thiophene rings is 1. The Kier molecular flexibility index (Phi) is 5.28. The first-order chi connectivity index (χ1) is 9.54. The van der Waals surface area contributed by atoms with Crippen molar-refractivity contribution in [3.63, 3.8) is 0 Å². The Morgan fingerprint density at radius 3 is 2.90 bits per heavy atom. The number of carbonyl (C=O) groups excluding carboxylic acids is 1. The molecule has 2 rings (SSSR count). The summed E-state index contributed by atoms with van der Waals surface area (Å²) in [6, 6.07) is 2.00. The highest BCUT2D eigenvalue weighted by molar-refractivity contribution is 7.14. The van der Waals surface area contributed by atoms with Gasteiger partial charge in [-0.1, -0.05) is 0 Å². The fraction of sp³-hybridized carbons (Fsp3) is 0.429. The van der Waals surface area contributed by atoms with Crippen LogP contribution in [0.4, 0.5) is 0 Å². The zero-order valence-electron chi connectivity index (χ0n) is 11.5. The van der Waals surface area contributed by atoms with Gasteiger partial charge in [-0.3, -0.25) is 4.79 Å². The highest BCUT2D eigenvalue weighted by atomic mass is 32.1. The SMILES string of the molecule is CC(O)CC(C)NC(=O)Cc1csc(-c2ccsc2)n1. The lowest BCUT2D eigenvalue weighted by atomic mass is 10.1. The third-order valence-electron chi connectivity index (χ3n) is 2.76. The normalized spacial score (nSPS) is 13.9. The van der Waals surface area contributed by atoms with E-state index in [1.54, 1.807) is 29.6 Å². The number of aliphatic hydroxyl groups is 1. The second-order valence-electron chi connectivity index (χ2n) is 4.89. The van der Waals surface area contributed by atoms with E-state index in [2.05, 4.69) is 10.3 Å². The van der Waals surface area contributed by atoms with Gasteiger partial charge >= 0.3 is 0 Å². The molecule has 2 aromatic rings. The second kappa shape index (κ2) is 6.97. The van der Waals surface area contributed by atoms with Gasteiger partial charge in [0.25, 0.3) is 0 Å². The van der Waals surface area contributed by atoms with Crippen LogP contribution in [0.3, 0.4) is 0 Å². The summed E-state index contributed by atoms with van der Waals surface area (Å²) in [5.41, 5.74) is 1.90. The first-order valence-corrected chi connectivity index (χ1v) is 8.31. The molecular weight excluding hydrogens is 292 g/mol. The van der Waals surface area contributed by atoms with Crippen molar-refractivity contribution in [1.82, 2.24) is 10.3 Å². The molecule has 1 amide bonds. The molecule has 2 unspecified atom stereocenters. The standard InChI is InChI=1S/C14H18N2O2S2/c1-9(5-10(2)17)15-13(18)6-12-8-20-14(16-12)11-3-4-19-7-11/h3-4,7-10,17H,5-6H2,1-2H3,(H,15,18). The molecule has 0 aromatic carbocycles. The van der Waals surface area contributed by atoms with Crippen molar-refractivity contribution in [3.05, 3.63) is 27.9 Å². The zero-order chi connectivity index (χ0) is 14.5. The number of nitrogens with zero attached hydrogens (tertiary/aromatic N) is 1. The molecule has 0 radical (unpaired) electrons. The van der Waals surface area contributed by atoms with E-state index in [1.165, 1.54) is 0 Å². The number of nitrogens with one attached hydrogen (secondary N) is 1. The molecule has 108 valence electrons. The molecule has 4 nitrogen and oxygen atoms in total. The molecular formula is C14H18N2O2S2. The Morgan fingerprint density at radius 2 is 2.25 bits per heavy atom. The van der Waals surface area contributed by atoms with Gasteiger partial charge in [0.1, 0.15) is 5.01 Å². The number of hydrogen-bond acceptors (Lipinski definition) is 5. The number of aliphatic hydroxyl groups excluding tert-OH is 1. The van der Waals surface area contributed by atoms with Crippen LogP contribution in [0.2, 0.25) is 0 Å². The number of amides is 1. The Labute approximate surface area is 126 Å². The Bertz CT molecular complexity index is 549. The summed E-state index contributed by atoms with van der Waals surface area (Å²) in [5.74, 6) is -0.0553. The number of aromatic nitrogens is 1. The highest BCUT2D eigenvalue weighted by Crippen LogP contribution is 2.25. The molecule has 0 spiro atoms. The van der Waals surface area contributed by atoms with Gasteiger partial charge in [0.15, 0.2) is 0 Å². The summed E-state index contributed by atoms with van der Waals surface area (Å²) in [6.45, 7) is 3.61.